The number of benzene rings is 1. The van der Waals surface area contributed by atoms with Crippen molar-refractivity contribution in [3.05, 3.63) is 54.5 Å². The highest BCUT2D eigenvalue weighted by Gasteiger charge is 2.30. The van der Waals surface area contributed by atoms with E-state index in [1.54, 1.807) is 35.2 Å². The number of aromatic nitrogens is 3. The van der Waals surface area contributed by atoms with Gasteiger partial charge in [0, 0.05) is 24.6 Å². The third-order valence-corrected chi connectivity index (χ3v) is 4.78. The van der Waals surface area contributed by atoms with Crippen LogP contribution in [0.2, 0.25) is 0 Å². The molecule has 0 spiro atoms. The molecule has 26 heavy (non-hydrogen) atoms. The molecule has 1 unspecified atom stereocenters. The van der Waals surface area contributed by atoms with E-state index < -0.39 is 0 Å². The van der Waals surface area contributed by atoms with Gasteiger partial charge in [-0.25, -0.2) is 4.39 Å². The van der Waals surface area contributed by atoms with E-state index in [1.165, 1.54) is 6.08 Å². The van der Waals surface area contributed by atoms with E-state index in [4.69, 9.17) is 0 Å². The fourth-order valence-corrected chi connectivity index (χ4v) is 3.41. The van der Waals surface area contributed by atoms with Crippen LogP contribution in [0, 0.1) is 5.82 Å². The summed E-state index contributed by atoms with van der Waals surface area (Å²) in [4.78, 5) is 16.4. The molecule has 1 aromatic carbocycles. The van der Waals surface area contributed by atoms with Crippen LogP contribution < -0.4 is 0 Å². The zero-order chi connectivity index (χ0) is 18.3. The fourth-order valence-electron chi connectivity index (χ4n) is 3.41. The van der Waals surface area contributed by atoms with E-state index in [0.717, 1.165) is 0 Å². The Morgan fingerprint density at radius 3 is 2.96 bits per heavy atom. The maximum atomic E-state index is 15.0. The maximum absolute atomic E-state index is 15.0. The third kappa shape index (κ3) is 2.61. The number of fused-ring (bicyclic) bond motifs is 1. The highest BCUT2D eigenvalue weighted by molar-refractivity contribution is 5.87. The number of halogens is 1. The first kappa shape index (κ1) is 16.3. The smallest absolute Gasteiger partial charge is 0.245 e. The monoisotopic (exact) mass is 352 g/mol. The number of hydrogen-bond donors (Lipinski definition) is 2. The van der Waals surface area contributed by atoms with Crippen LogP contribution in [0.25, 0.3) is 22.3 Å². The summed E-state index contributed by atoms with van der Waals surface area (Å²) in [5, 5.41) is 18.5. The number of H-pyrrole nitrogens is 1. The Morgan fingerprint density at radius 1 is 1.38 bits per heavy atom. The van der Waals surface area contributed by atoms with Crippen molar-refractivity contribution in [2.45, 2.75) is 12.3 Å². The second kappa shape index (κ2) is 6.25. The number of nitrogens with zero attached hydrogens (tertiary/aromatic N) is 3. The molecule has 2 aromatic heterocycles. The van der Waals surface area contributed by atoms with Gasteiger partial charge in [0.15, 0.2) is 11.5 Å². The molecule has 3 aromatic rings. The minimum absolute atomic E-state index is 0.0617. The minimum Gasteiger partial charge on any atom is -0.507 e. The van der Waals surface area contributed by atoms with Crippen LogP contribution >= 0.6 is 0 Å². The van der Waals surface area contributed by atoms with Gasteiger partial charge < -0.3 is 15.0 Å². The molecule has 0 aliphatic carbocycles. The van der Waals surface area contributed by atoms with E-state index >= 15 is 4.39 Å². The Labute approximate surface area is 149 Å². The molecule has 1 saturated heterocycles. The highest BCUT2D eigenvalue weighted by Crippen LogP contribution is 2.34. The minimum atomic E-state index is -0.385. The molecule has 132 valence electrons. The van der Waals surface area contributed by atoms with Gasteiger partial charge in [0.05, 0.1) is 16.8 Å². The number of aromatic amines is 1. The Hall–Kier alpha value is -3.22. The SMILES string of the molecule is C=CC(=O)N1CCC(c2[nH]c3nnc(-c4ccccc4O)cc3c2F)C1. The van der Waals surface area contributed by atoms with Gasteiger partial charge in [0.2, 0.25) is 5.91 Å². The molecule has 0 radical (unpaired) electrons. The lowest BCUT2D eigenvalue weighted by atomic mass is 10.0. The second-order valence-electron chi connectivity index (χ2n) is 6.34. The van der Waals surface area contributed by atoms with Crippen LogP contribution in [-0.4, -0.2) is 44.2 Å². The van der Waals surface area contributed by atoms with E-state index in [1.807, 2.05) is 0 Å². The van der Waals surface area contributed by atoms with Crippen molar-refractivity contribution >= 4 is 16.9 Å². The number of carbonyl (C=O) groups is 1. The van der Waals surface area contributed by atoms with Crippen LogP contribution in [0.4, 0.5) is 4.39 Å². The van der Waals surface area contributed by atoms with Crippen molar-refractivity contribution in [1.29, 1.82) is 0 Å². The standard InChI is InChI=1S/C19H17FN4O2/c1-2-16(26)24-8-7-11(10-24)18-17(20)13-9-14(22-23-19(13)21-18)12-5-3-4-6-15(12)25/h2-6,9,11,25H,1,7-8,10H2,(H,21,23). The molecule has 1 amide bonds. The van der Waals surface area contributed by atoms with Crippen molar-refractivity contribution in [2.24, 2.45) is 0 Å². The largest absolute Gasteiger partial charge is 0.507 e. The number of hydrogen-bond acceptors (Lipinski definition) is 4. The number of likely N-dealkylation sites (tertiary alicyclic amines) is 1. The Kier molecular flexibility index (Phi) is 3.91. The number of phenols is 1. The number of rotatable bonds is 3. The molecular weight excluding hydrogens is 335 g/mol. The van der Waals surface area contributed by atoms with Gasteiger partial charge in [0.1, 0.15) is 5.75 Å². The van der Waals surface area contributed by atoms with Gasteiger partial charge in [-0.3, -0.25) is 4.79 Å². The summed E-state index contributed by atoms with van der Waals surface area (Å²) in [5.74, 6) is -0.594. The zero-order valence-corrected chi connectivity index (χ0v) is 13.9. The summed E-state index contributed by atoms with van der Waals surface area (Å²) in [6.45, 7) is 4.50. The summed E-state index contributed by atoms with van der Waals surface area (Å²) in [5.41, 5.74) is 1.68. The van der Waals surface area contributed by atoms with Crippen molar-refractivity contribution in [3.63, 3.8) is 0 Å². The first-order valence-corrected chi connectivity index (χ1v) is 8.33. The fraction of sp³-hybridized carbons (Fsp3) is 0.211. The third-order valence-electron chi connectivity index (χ3n) is 4.78. The average molecular weight is 352 g/mol. The van der Waals surface area contributed by atoms with Gasteiger partial charge in [-0.2, -0.15) is 0 Å². The normalized spacial score (nSPS) is 17.0. The molecule has 7 heteroatoms. The Balaban J connectivity index is 1.71. The molecule has 0 saturated carbocycles. The number of nitrogens with one attached hydrogen (secondary N) is 1. The average Bonchev–Trinajstić information content (AvgIpc) is 3.26. The zero-order valence-electron chi connectivity index (χ0n) is 13.9. The second-order valence-corrected chi connectivity index (χ2v) is 6.34. The molecule has 6 nitrogen and oxygen atoms in total. The van der Waals surface area contributed by atoms with Crippen molar-refractivity contribution in [2.75, 3.05) is 13.1 Å². The van der Waals surface area contributed by atoms with E-state index in [9.17, 15) is 9.90 Å². The molecule has 1 fully saturated rings. The number of para-hydroxylation sites is 1. The lowest BCUT2D eigenvalue weighted by Crippen LogP contribution is -2.26. The topological polar surface area (TPSA) is 82.1 Å². The predicted molar refractivity (Wildman–Crippen MR) is 95.1 cm³/mol. The Bertz CT molecular complexity index is 1010. The lowest BCUT2D eigenvalue weighted by Gasteiger charge is -2.13. The van der Waals surface area contributed by atoms with Crippen molar-refractivity contribution < 1.29 is 14.3 Å². The van der Waals surface area contributed by atoms with Crippen molar-refractivity contribution in [1.82, 2.24) is 20.1 Å². The quantitative estimate of drug-likeness (QED) is 0.710. The van der Waals surface area contributed by atoms with Crippen LogP contribution in [0.1, 0.15) is 18.0 Å². The summed E-state index contributed by atoms with van der Waals surface area (Å²) >= 11 is 0. The molecule has 3 heterocycles. The van der Waals surface area contributed by atoms with Crippen LogP contribution in [0.15, 0.2) is 43.0 Å². The number of phenolic OH excluding ortho intramolecular Hbond substituents is 1. The van der Waals surface area contributed by atoms with Gasteiger partial charge >= 0.3 is 0 Å². The van der Waals surface area contributed by atoms with Crippen LogP contribution in [-0.2, 0) is 4.79 Å². The van der Waals surface area contributed by atoms with E-state index in [0.29, 0.717) is 47.5 Å². The van der Waals surface area contributed by atoms with Crippen molar-refractivity contribution in [3.8, 4) is 17.0 Å². The lowest BCUT2D eigenvalue weighted by molar-refractivity contribution is -0.125. The maximum Gasteiger partial charge on any atom is 0.245 e. The van der Waals surface area contributed by atoms with Crippen LogP contribution in [0.3, 0.4) is 0 Å². The number of amides is 1. The van der Waals surface area contributed by atoms with E-state index in [-0.39, 0.29) is 23.4 Å². The molecule has 4 rings (SSSR count). The van der Waals surface area contributed by atoms with E-state index in [2.05, 4.69) is 21.8 Å². The summed E-state index contributed by atoms with van der Waals surface area (Å²) in [6, 6.07) is 8.30. The summed E-state index contributed by atoms with van der Waals surface area (Å²) in [7, 11) is 0. The highest BCUT2D eigenvalue weighted by atomic mass is 19.1. The summed E-state index contributed by atoms with van der Waals surface area (Å²) < 4.78 is 15.0. The number of aromatic hydroxyl groups is 1. The van der Waals surface area contributed by atoms with Gasteiger partial charge in [-0.1, -0.05) is 18.7 Å². The first-order chi connectivity index (χ1) is 12.6. The summed E-state index contributed by atoms with van der Waals surface area (Å²) in [6.07, 6.45) is 1.94. The van der Waals surface area contributed by atoms with Crippen LogP contribution in [0.5, 0.6) is 5.75 Å². The number of carbonyl (C=O) groups excluding carboxylic acids is 1. The van der Waals surface area contributed by atoms with Gasteiger partial charge in [-0.15, -0.1) is 10.2 Å². The Morgan fingerprint density at radius 2 is 2.19 bits per heavy atom. The molecule has 2 N–H and O–H groups in total. The van der Waals surface area contributed by atoms with Gasteiger partial charge in [0.25, 0.3) is 0 Å². The molecule has 1 aliphatic heterocycles. The molecule has 0 bridgehead atoms. The predicted octanol–water partition coefficient (Wildman–Crippen LogP) is 2.97. The molecule has 1 atom stereocenters. The molecular formula is C19H17FN4O2. The molecule has 1 aliphatic rings. The first-order valence-electron chi connectivity index (χ1n) is 8.33. The van der Waals surface area contributed by atoms with Gasteiger partial charge in [-0.05, 0) is 30.7 Å².